The summed E-state index contributed by atoms with van der Waals surface area (Å²) in [7, 11) is 0. The van der Waals surface area contributed by atoms with E-state index in [9.17, 15) is 22.8 Å². The van der Waals surface area contributed by atoms with Gasteiger partial charge in [-0.25, -0.2) is 14.8 Å². The SMILES string of the molecule is CCCCNC(=O)NC(=O)CSc1nc(C(F)(F)F)nc2ccccc12. The number of amides is 3. The van der Waals surface area contributed by atoms with E-state index in [0.29, 0.717) is 11.9 Å². The third kappa shape index (κ3) is 5.58. The molecule has 0 spiro atoms. The van der Waals surface area contributed by atoms with Crippen molar-refractivity contribution >= 4 is 34.6 Å². The highest BCUT2D eigenvalue weighted by atomic mass is 32.2. The van der Waals surface area contributed by atoms with Crippen LogP contribution in [0.15, 0.2) is 29.3 Å². The molecule has 0 aliphatic heterocycles. The van der Waals surface area contributed by atoms with Crippen LogP contribution in [0.25, 0.3) is 10.9 Å². The van der Waals surface area contributed by atoms with Crippen molar-refractivity contribution in [3.8, 4) is 0 Å². The molecule has 3 amide bonds. The number of nitrogens with zero attached hydrogens (tertiary/aromatic N) is 2. The largest absolute Gasteiger partial charge is 0.451 e. The smallest absolute Gasteiger partial charge is 0.338 e. The Morgan fingerprint density at radius 2 is 1.92 bits per heavy atom. The van der Waals surface area contributed by atoms with E-state index in [1.165, 1.54) is 6.07 Å². The molecule has 6 nitrogen and oxygen atoms in total. The number of aromatic nitrogens is 2. The summed E-state index contributed by atoms with van der Waals surface area (Å²) in [4.78, 5) is 30.4. The number of fused-ring (bicyclic) bond motifs is 1. The summed E-state index contributed by atoms with van der Waals surface area (Å²) in [6, 6.07) is 5.60. The van der Waals surface area contributed by atoms with Crippen LogP contribution in [0.1, 0.15) is 25.6 Å². The summed E-state index contributed by atoms with van der Waals surface area (Å²) in [5, 5.41) is 5.08. The van der Waals surface area contributed by atoms with E-state index in [0.717, 1.165) is 24.6 Å². The number of hydrogen-bond donors (Lipinski definition) is 2. The lowest BCUT2D eigenvalue weighted by atomic mass is 10.2. The van der Waals surface area contributed by atoms with E-state index in [2.05, 4.69) is 20.6 Å². The van der Waals surface area contributed by atoms with Crippen LogP contribution in [-0.2, 0) is 11.0 Å². The van der Waals surface area contributed by atoms with E-state index >= 15 is 0 Å². The standard InChI is InChI=1S/C16H17F3N4O2S/c1-2-3-8-20-15(25)22-12(24)9-26-13-10-6-4-5-7-11(10)21-14(23-13)16(17,18)19/h4-7H,2-3,8-9H2,1H3,(H2,20,22,24,25). The number of carbonyl (C=O) groups is 2. The van der Waals surface area contributed by atoms with Gasteiger partial charge in [0.05, 0.1) is 11.3 Å². The van der Waals surface area contributed by atoms with Crippen molar-refractivity contribution in [1.82, 2.24) is 20.6 Å². The number of imide groups is 1. The van der Waals surface area contributed by atoms with Crippen LogP contribution in [0.2, 0.25) is 0 Å². The van der Waals surface area contributed by atoms with Gasteiger partial charge in [-0.1, -0.05) is 43.3 Å². The van der Waals surface area contributed by atoms with Gasteiger partial charge in [-0.05, 0) is 12.5 Å². The molecule has 26 heavy (non-hydrogen) atoms. The molecule has 1 aromatic carbocycles. The Morgan fingerprint density at radius 1 is 1.19 bits per heavy atom. The van der Waals surface area contributed by atoms with E-state index in [4.69, 9.17) is 0 Å². The third-order valence-corrected chi connectivity index (χ3v) is 4.22. The quantitative estimate of drug-likeness (QED) is 0.452. The number of hydrogen-bond acceptors (Lipinski definition) is 5. The summed E-state index contributed by atoms with van der Waals surface area (Å²) in [5.74, 6) is -2.14. The van der Waals surface area contributed by atoms with Gasteiger partial charge >= 0.3 is 12.2 Å². The van der Waals surface area contributed by atoms with E-state index in [-0.39, 0.29) is 16.3 Å². The topological polar surface area (TPSA) is 84.0 Å². The molecule has 0 atom stereocenters. The normalized spacial score (nSPS) is 11.4. The van der Waals surface area contributed by atoms with Crippen LogP contribution in [-0.4, -0.2) is 34.2 Å². The van der Waals surface area contributed by atoms with Gasteiger partial charge in [0.1, 0.15) is 5.03 Å². The highest BCUT2D eigenvalue weighted by molar-refractivity contribution is 8.00. The van der Waals surface area contributed by atoms with Gasteiger partial charge in [0.2, 0.25) is 11.7 Å². The van der Waals surface area contributed by atoms with E-state index in [1.54, 1.807) is 18.2 Å². The fourth-order valence-electron chi connectivity index (χ4n) is 2.00. The van der Waals surface area contributed by atoms with Crippen molar-refractivity contribution in [3.05, 3.63) is 30.1 Å². The van der Waals surface area contributed by atoms with Crippen molar-refractivity contribution in [1.29, 1.82) is 0 Å². The third-order valence-electron chi connectivity index (χ3n) is 3.23. The van der Waals surface area contributed by atoms with Crippen molar-refractivity contribution in [2.45, 2.75) is 31.0 Å². The van der Waals surface area contributed by atoms with Crippen molar-refractivity contribution in [2.75, 3.05) is 12.3 Å². The summed E-state index contributed by atoms with van der Waals surface area (Å²) < 4.78 is 38.8. The Bertz CT molecular complexity index is 799. The lowest BCUT2D eigenvalue weighted by Gasteiger charge is -2.10. The molecule has 2 rings (SSSR count). The van der Waals surface area contributed by atoms with Crippen LogP contribution in [0.5, 0.6) is 0 Å². The summed E-state index contributed by atoms with van der Waals surface area (Å²) in [6.45, 7) is 2.40. The molecule has 1 heterocycles. The Kier molecular flexibility index (Phi) is 6.78. The van der Waals surface area contributed by atoms with Crippen molar-refractivity contribution in [2.24, 2.45) is 0 Å². The molecule has 0 saturated heterocycles. The summed E-state index contributed by atoms with van der Waals surface area (Å²) in [6.07, 6.45) is -3.02. The van der Waals surface area contributed by atoms with Crippen LogP contribution in [0.4, 0.5) is 18.0 Å². The lowest BCUT2D eigenvalue weighted by Crippen LogP contribution is -2.40. The first-order valence-corrected chi connectivity index (χ1v) is 8.84. The molecule has 2 aromatic rings. The Hall–Kier alpha value is -2.36. The highest BCUT2D eigenvalue weighted by Gasteiger charge is 2.35. The molecule has 0 radical (unpaired) electrons. The van der Waals surface area contributed by atoms with Gasteiger partial charge in [0, 0.05) is 11.9 Å². The average molecular weight is 386 g/mol. The molecule has 0 aliphatic carbocycles. The number of thioether (sulfide) groups is 1. The first kappa shape index (κ1) is 20.0. The van der Waals surface area contributed by atoms with E-state index in [1.807, 2.05) is 6.92 Å². The number of alkyl halides is 3. The van der Waals surface area contributed by atoms with Crippen molar-refractivity contribution in [3.63, 3.8) is 0 Å². The summed E-state index contributed by atoms with van der Waals surface area (Å²) in [5.41, 5.74) is 0.134. The number of nitrogens with one attached hydrogen (secondary N) is 2. The van der Waals surface area contributed by atoms with Gasteiger partial charge < -0.3 is 5.32 Å². The predicted octanol–water partition coefficient (Wildman–Crippen LogP) is 3.37. The second-order valence-corrected chi connectivity index (χ2v) is 6.28. The highest BCUT2D eigenvalue weighted by Crippen LogP contribution is 2.31. The van der Waals surface area contributed by atoms with Gasteiger partial charge in [-0.2, -0.15) is 13.2 Å². The predicted molar refractivity (Wildman–Crippen MR) is 91.7 cm³/mol. The number of urea groups is 1. The van der Waals surface area contributed by atoms with Gasteiger partial charge in [-0.3, -0.25) is 10.1 Å². The zero-order chi connectivity index (χ0) is 19.2. The minimum Gasteiger partial charge on any atom is -0.338 e. The average Bonchev–Trinajstić information content (AvgIpc) is 2.58. The van der Waals surface area contributed by atoms with Gasteiger partial charge in [0.25, 0.3) is 0 Å². The Morgan fingerprint density at radius 3 is 2.62 bits per heavy atom. The number of para-hydroxylation sites is 1. The van der Waals surface area contributed by atoms with Crippen LogP contribution < -0.4 is 10.6 Å². The van der Waals surface area contributed by atoms with E-state index < -0.39 is 23.9 Å². The monoisotopic (exact) mass is 386 g/mol. The molecular weight excluding hydrogens is 369 g/mol. The maximum absolute atomic E-state index is 12.9. The van der Waals surface area contributed by atoms with Crippen molar-refractivity contribution < 1.29 is 22.8 Å². The van der Waals surface area contributed by atoms with Crippen LogP contribution in [0, 0.1) is 0 Å². The molecule has 140 valence electrons. The number of halogens is 3. The first-order chi connectivity index (χ1) is 12.3. The number of benzene rings is 1. The number of carbonyl (C=O) groups excluding carboxylic acids is 2. The zero-order valence-electron chi connectivity index (χ0n) is 13.9. The Balaban J connectivity index is 2.08. The molecule has 0 unspecified atom stereocenters. The minimum absolute atomic E-state index is 0.0319. The van der Waals surface area contributed by atoms with Gasteiger partial charge in [-0.15, -0.1) is 0 Å². The molecule has 0 bridgehead atoms. The van der Waals surface area contributed by atoms with Crippen LogP contribution >= 0.6 is 11.8 Å². The molecule has 1 aromatic heterocycles. The fraction of sp³-hybridized carbons (Fsp3) is 0.375. The first-order valence-electron chi connectivity index (χ1n) is 7.85. The molecular formula is C16H17F3N4O2S. The number of unbranched alkanes of at least 4 members (excludes halogenated alkanes) is 1. The zero-order valence-corrected chi connectivity index (χ0v) is 14.7. The maximum Gasteiger partial charge on any atom is 0.451 e. The second-order valence-electron chi connectivity index (χ2n) is 5.31. The minimum atomic E-state index is -4.69. The second kappa shape index (κ2) is 8.84. The number of rotatable bonds is 6. The fourth-order valence-corrected chi connectivity index (χ4v) is 2.82. The van der Waals surface area contributed by atoms with Crippen LogP contribution in [0.3, 0.4) is 0 Å². The summed E-state index contributed by atoms with van der Waals surface area (Å²) >= 11 is 0.815. The molecule has 2 N–H and O–H groups in total. The Labute approximate surface area is 152 Å². The molecule has 0 aliphatic rings. The molecule has 0 saturated carbocycles. The van der Waals surface area contributed by atoms with Gasteiger partial charge in [0.15, 0.2) is 0 Å². The molecule has 10 heteroatoms. The molecule has 0 fully saturated rings. The maximum atomic E-state index is 12.9. The lowest BCUT2D eigenvalue weighted by molar-refractivity contribution is -0.145.